The van der Waals surface area contributed by atoms with Crippen LogP contribution in [0.5, 0.6) is 5.75 Å². The Labute approximate surface area is 207 Å². The molecule has 2 aromatic carbocycles. The van der Waals surface area contributed by atoms with Crippen molar-refractivity contribution < 1.29 is 18.7 Å². The minimum atomic E-state index is -0.443. The molecular weight excluding hydrogens is 467 g/mol. The van der Waals surface area contributed by atoms with Crippen LogP contribution in [-0.2, 0) is 23.6 Å². The Morgan fingerprint density at radius 2 is 1.94 bits per heavy atom. The lowest BCUT2D eigenvalue weighted by molar-refractivity contribution is 0.0524. The highest BCUT2D eigenvalue weighted by atomic mass is 32.2. The molecular formula is C26H25FN4O3S. The van der Waals surface area contributed by atoms with Gasteiger partial charge in [-0.05, 0) is 37.6 Å². The molecule has 0 atom stereocenters. The number of hydrogen-bond acceptors (Lipinski definition) is 7. The monoisotopic (exact) mass is 492 g/mol. The van der Waals surface area contributed by atoms with Crippen molar-refractivity contribution in [1.29, 1.82) is 0 Å². The summed E-state index contributed by atoms with van der Waals surface area (Å²) >= 11 is 1.39. The van der Waals surface area contributed by atoms with Crippen molar-refractivity contribution in [3.63, 3.8) is 0 Å². The molecule has 0 saturated heterocycles. The number of hydrogen-bond donors (Lipinski definition) is 0. The first-order valence-corrected chi connectivity index (χ1v) is 12.1. The number of carbonyl (C=O) groups is 1. The largest absolute Gasteiger partial charge is 0.483 e. The quantitative estimate of drug-likeness (QED) is 0.164. The van der Waals surface area contributed by atoms with Crippen molar-refractivity contribution >= 4 is 28.6 Å². The zero-order chi connectivity index (χ0) is 24.8. The van der Waals surface area contributed by atoms with Gasteiger partial charge in [-0.2, -0.15) is 0 Å². The lowest BCUT2D eigenvalue weighted by Gasteiger charge is -2.14. The van der Waals surface area contributed by atoms with E-state index in [0.717, 1.165) is 16.5 Å². The smallest absolute Gasteiger partial charge is 0.340 e. The first-order valence-electron chi connectivity index (χ1n) is 11.1. The van der Waals surface area contributed by atoms with Crippen LogP contribution in [-0.4, -0.2) is 32.3 Å². The van der Waals surface area contributed by atoms with E-state index in [4.69, 9.17) is 14.5 Å². The van der Waals surface area contributed by atoms with E-state index in [1.54, 1.807) is 31.2 Å². The SMILES string of the molecule is C=CCn1c(COc2ccccc2F)nnc1SCc1nc2ccccc2c(C)c1C(=O)OCC. The van der Waals surface area contributed by atoms with Crippen molar-refractivity contribution in [3.8, 4) is 5.75 Å². The summed E-state index contributed by atoms with van der Waals surface area (Å²) in [6.07, 6.45) is 1.72. The van der Waals surface area contributed by atoms with E-state index in [0.29, 0.717) is 34.5 Å². The van der Waals surface area contributed by atoms with Gasteiger partial charge in [0.1, 0.15) is 6.61 Å². The van der Waals surface area contributed by atoms with Crippen molar-refractivity contribution in [2.45, 2.75) is 37.9 Å². The maximum Gasteiger partial charge on any atom is 0.340 e. The Morgan fingerprint density at radius 3 is 2.71 bits per heavy atom. The number of aromatic nitrogens is 4. The summed E-state index contributed by atoms with van der Waals surface area (Å²) in [6, 6.07) is 13.9. The number of thioether (sulfide) groups is 1. The van der Waals surface area contributed by atoms with Crippen molar-refractivity contribution in [2.75, 3.05) is 6.61 Å². The fourth-order valence-electron chi connectivity index (χ4n) is 3.70. The molecule has 2 heterocycles. The molecule has 180 valence electrons. The Hall–Kier alpha value is -3.72. The first-order chi connectivity index (χ1) is 17.0. The van der Waals surface area contributed by atoms with Crippen LogP contribution in [0, 0.1) is 12.7 Å². The predicted octanol–water partition coefficient (Wildman–Crippen LogP) is 5.51. The summed E-state index contributed by atoms with van der Waals surface area (Å²) in [7, 11) is 0. The Balaban J connectivity index is 1.61. The summed E-state index contributed by atoms with van der Waals surface area (Å²) in [6.45, 7) is 8.26. The molecule has 0 aliphatic rings. The van der Waals surface area contributed by atoms with Gasteiger partial charge in [-0.15, -0.1) is 16.8 Å². The zero-order valence-electron chi connectivity index (χ0n) is 19.5. The van der Waals surface area contributed by atoms with E-state index in [1.165, 1.54) is 17.8 Å². The normalized spacial score (nSPS) is 10.9. The van der Waals surface area contributed by atoms with Crippen LogP contribution in [0.3, 0.4) is 0 Å². The van der Waals surface area contributed by atoms with Crippen molar-refractivity contribution in [3.05, 3.63) is 89.6 Å². The molecule has 0 bridgehead atoms. The molecule has 0 saturated carbocycles. The Kier molecular flexibility index (Phi) is 7.77. The highest BCUT2D eigenvalue weighted by Crippen LogP contribution is 2.29. The van der Waals surface area contributed by atoms with Crippen LogP contribution >= 0.6 is 11.8 Å². The summed E-state index contributed by atoms with van der Waals surface area (Å²) in [5, 5.41) is 10.0. The molecule has 35 heavy (non-hydrogen) atoms. The van der Waals surface area contributed by atoms with Gasteiger partial charge in [0, 0.05) is 17.7 Å². The van der Waals surface area contributed by atoms with Crippen LogP contribution < -0.4 is 4.74 Å². The number of halogens is 1. The lowest BCUT2D eigenvalue weighted by Crippen LogP contribution is -2.12. The van der Waals surface area contributed by atoms with Crippen LogP contribution in [0.15, 0.2) is 66.3 Å². The predicted molar refractivity (Wildman–Crippen MR) is 133 cm³/mol. The van der Waals surface area contributed by atoms with E-state index in [9.17, 15) is 9.18 Å². The van der Waals surface area contributed by atoms with E-state index in [2.05, 4.69) is 16.8 Å². The molecule has 0 radical (unpaired) electrons. The number of ether oxygens (including phenoxy) is 2. The maximum absolute atomic E-state index is 13.9. The number of esters is 1. The van der Waals surface area contributed by atoms with Gasteiger partial charge in [0.2, 0.25) is 0 Å². The second-order valence-electron chi connectivity index (χ2n) is 7.60. The van der Waals surface area contributed by atoms with Crippen LogP contribution in [0.1, 0.15) is 34.4 Å². The first kappa shape index (κ1) is 24.4. The minimum absolute atomic E-state index is 0.0454. The van der Waals surface area contributed by atoms with Crippen molar-refractivity contribution in [1.82, 2.24) is 19.7 Å². The van der Waals surface area contributed by atoms with E-state index in [-0.39, 0.29) is 19.0 Å². The molecule has 0 fully saturated rings. The van der Waals surface area contributed by atoms with Gasteiger partial charge in [0.05, 0.1) is 23.4 Å². The van der Waals surface area contributed by atoms with Gasteiger partial charge in [0.25, 0.3) is 0 Å². The highest BCUT2D eigenvalue weighted by Gasteiger charge is 2.21. The molecule has 0 N–H and O–H groups in total. The number of aryl methyl sites for hydroxylation is 1. The number of para-hydroxylation sites is 2. The fourth-order valence-corrected chi connectivity index (χ4v) is 4.61. The van der Waals surface area contributed by atoms with Crippen LogP contribution in [0.2, 0.25) is 0 Å². The van der Waals surface area contributed by atoms with E-state index < -0.39 is 11.8 Å². The van der Waals surface area contributed by atoms with E-state index >= 15 is 0 Å². The number of fused-ring (bicyclic) bond motifs is 1. The molecule has 0 unspecified atom stereocenters. The van der Waals surface area contributed by atoms with Crippen LogP contribution in [0.25, 0.3) is 10.9 Å². The number of pyridine rings is 1. The second kappa shape index (κ2) is 11.1. The van der Waals surface area contributed by atoms with E-state index in [1.807, 2.05) is 35.8 Å². The average Bonchev–Trinajstić information content (AvgIpc) is 3.24. The Morgan fingerprint density at radius 1 is 1.17 bits per heavy atom. The molecule has 2 aromatic heterocycles. The second-order valence-corrected chi connectivity index (χ2v) is 8.54. The molecule has 0 aliphatic heterocycles. The van der Waals surface area contributed by atoms with Gasteiger partial charge < -0.3 is 9.47 Å². The highest BCUT2D eigenvalue weighted by molar-refractivity contribution is 7.98. The molecule has 7 nitrogen and oxygen atoms in total. The Bertz CT molecular complexity index is 1370. The molecule has 0 amide bonds. The van der Waals surface area contributed by atoms with Gasteiger partial charge in [-0.3, -0.25) is 9.55 Å². The number of allylic oxidation sites excluding steroid dienone is 1. The number of carbonyl (C=O) groups excluding carboxylic acids is 1. The lowest BCUT2D eigenvalue weighted by atomic mass is 10.0. The minimum Gasteiger partial charge on any atom is -0.483 e. The molecule has 0 spiro atoms. The molecule has 4 rings (SSSR count). The fraction of sp³-hybridized carbons (Fsp3) is 0.231. The average molecular weight is 493 g/mol. The van der Waals surface area contributed by atoms with Gasteiger partial charge in [-0.1, -0.05) is 48.2 Å². The number of nitrogens with zero attached hydrogens (tertiary/aromatic N) is 4. The summed E-state index contributed by atoms with van der Waals surface area (Å²) in [4.78, 5) is 17.6. The number of rotatable bonds is 10. The topological polar surface area (TPSA) is 79.1 Å². The third-order valence-electron chi connectivity index (χ3n) is 5.34. The van der Waals surface area contributed by atoms with Crippen molar-refractivity contribution in [2.24, 2.45) is 0 Å². The third kappa shape index (κ3) is 5.35. The summed E-state index contributed by atoms with van der Waals surface area (Å²) in [5.74, 6) is 0.212. The number of benzene rings is 2. The van der Waals surface area contributed by atoms with Gasteiger partial charge in [-0.25, -0.2) is 9.18 Å². The van der Waals surface area contributed by atoms with Gasteiger partial charge >= 0.3 is 5.97 Å². The molecule has 9 heteroatoms. The van der Waals surface area contributed by atoms with Gasteiger partial charge in [0.15, 0.2) is 22.5 Å². The summed E-state index contributed by atoms with van der Waals surface area (Å²) < 4.78 is 26.7. The third-order valence-corrected chi connectivity index (χ3v) is 6.32. The summed E-state index contributed by atoms with van der Waals surface area (Å²) in [5.41, 5.74) is 2.72. The standard InChI is InChI=1S/C26H25FN4O3S/c1-4-14-31-23(15-34-22-13-9-7-11-19(22)27)29-30-26(31)35-16-21-24(25(32)33-5-2)17(3)18-10-6-8-12-20(18)28-21/h4,6-13H,1,5,14-16H2,2-3H3. The van der Waals surface area contributed by atoms with Crippen LogP contribution in [0.4, 0.5) is 4.39 Å². The molecule has 0 aliphatic carbocycles. The molecule has 4 aromatic rings. The zero-order valence-corrected chi connectivity index (χ0v) is 20.3. The maximum atomic E-state index is 13.9.